The maximum absolute atomic E-state index is 14.0. The van der Waals surface area contributed by atoms with Gasteiger partial charge in [-0.3, -0.25) is 0 Å². The number of benzene rings is 2. The van der Waals surface area contributed by atoms with Gasteiger partial charge in [0.25, 0.3) is 0 Å². The minimum Gasteiger partial charge on any atom is -0.207 e. The van der Waals surface area contributed by atoms with E-state index in [1.807, 2.05) is 30.3 Å². The third-order valence-corrected chi connectivity index (χ3v) is 6.48. The molecule has 0 aromatic heterocycles. The Bertz CT molecular complexity index is 806. The Labute approximate surface area is 139 Å². The summed E-state index contributed by atoms with van der Waals surface area (Å²) >= 11 is 1.44. The molecule has 0 aliphatic carbocycles. The van der Waals surface area contributed by atoms with Crippen molar-refractivity contribution in [3.05, 3.63) is 76.9 Å². The molecule has 1 atom stereocenters. The first kappa shape index (κ1) is 16.2. The first-order valence-corrected chi connectivity index (χ1v) is 9.74. The number of thioether (sulfide) groups is 1. The van der Waals surface area contributed by atoms with Crippen molar-refractivity contribution in [1.82, 2.24) is 4.31 Å². The Morgan fingerprint density at radius 3 is 2.52 bits per heavy atom. The Balaban J connectivity index is 1.87. The summed E-state index contributed by atoms with van der Waals surface area (Å²) in [5, 5.41) is 0.684. The average Bonchev–Trinajstić information content (AvgIpc) is 3.05. The van der Waals surface area contributed by atoms with Crippen LogP contribution in [0.25, 0.3) is 6.08 Å². The van der Waals surface area contributed by atoms with E-state index >= 15 is 0 Å². The second kappa shape index (κ2) is 6.86. The molecular weight excluding hydrogens is 333 g/mol. The summed E-state index contributed by atoms with van der Waals surface area (Å²) in [5.41, 5.74) is 1.22. The van der Waals surface area contributed by atoms with Crippen LogP contribution in [-0.4, -0.2) is 25.0 Å². The highest BCUT2D eigenvalue weighted by Crippen LogP contribution is 2.41. The number of hydrogen-bond acceptors (Lipinski definition) is 3. The van der Waals surface area contributed by atoms with E-state index in [0.29, 0.717) is 17.9 Å². The molecule has 0 radical (unpaired) electrons. The number of rotatable bonds is 4. The quantitative estimate of drug-likeness (QED) is 0.841. The predicted molar refractivity (Wildman–Crippen MR) is 92.7 cm³/mol. The van der Waals surface area contributed by atoms with E-state index in [4.69, 9.17) is 0 Å². The molecular formula is C17H16FNO2S2. The van der Waals surface area contributed by atoms with Crippen LogP contribution in [0, 0.1) is 5.82 Å². The van der Waals surface area contributed by atoms with E-state index in [9.17, 15) is 12.8 Å². The summed E-state index contributed by atoms with van der Waals surface area (Å²) in [6.45, 7) is 0.380. The monoisotopic (exact) mass is 349 g/mol. The van der Waals surface area contributed by atoms with Gasteiger partial charge in [0.15, 0.2) is 0 Å². The predicted octanol–water partition coefficient (Wildman–Crippen LogP) is 3.87. The van der Waals surface area contributed by atoms with E-state index in [-0.39, 0.29) is 5.82 Å². The Hall–Kier alpha value is -1.63. The van der Waals surface area contributed by atoms with Crippen molar-refractivity contribution < 1.29 is 12.8 Å². The Morgan fingerprint density at radius 1 is 1.09 bits per heavy atom. The number of sulfonamides is 1. The zero-order valence-electron chi connectivity index (χ0n) is 12.3. The lowest BCUT2D eigenvalue weighted by molar-refractivity contribution is 0.432. The second-order valence-electron chi connectivity index (χ2n) is 5.11. The largest absolute Gasteiger partial charge is 0.237 e. The van der Waals surface area contributed by atoms with Crippen LogP contribution in [0.4, 0.5) is 4.39 Å². The number of hydrogen-bond donors (Lipinski definition) is 0. The highest BCUT2D eigenvalue weighted by Gasteiger charge is 2.35. The van der Waals surface area contributed by atoms with Crippen LogP contribution in [-0.2, 0) is 10.0 Å². The van der Waals surface area contributed by atoms with Crippen molar-refractivity contribution in [2.75, 3.05) is 12.3 Å². The van der Waals surface area contributed by atoms with Gasteiger partial charge in [-0.15, -0.1) is 11.8 Å². The van der Waals surface area contributed by atoms with Crippen molar-refractivity contribution in [2.45, 2.75) is 5.37 Å². The molecule has 1 saturated heterocycles. The van der Waals surface area contributed by atoms with Gasteiger partial charge in [0.1, 0.15) is 5.82 Å². The maximum atomic E-state index is 14.0. The first-order chi connectivity index (χ1) is 11.1. The second-order valence-corrected chi connectivity index (χ2v) is 8.07. The van der Waals surface area contributed by atoms with Crippen LogP contribution < -0.4 is 0 Å². The molecule has 2 aromatic carbocycles. The standard InChI is InChI=1S/C17H16FNO2S2/c18-16-9-5-4-8-15(16)17-19(11-12-22-17)23(20,21)13-10-14-6-2-1-3-7-14/h1-10,13,17H,11-12H2. The zero-order chi connectivity index (χ0) is 16.3. The summed E-state index contributed by atoms with van der Waals surface area (Å²) in [4.78, 5) is 0. The normalized spacial score (nSPS) is 19.4. The van der Waals surface area contributed by atoms with Crippen LogP contribution in [0.15, 0.2) is 60.0 Å². The topological polar surface area (TPSA) is 37.4 Å². The fourth-order valence-electron chi connectivity index (χ4n) is 2.44. The fraction of sp³-hybridized carbons (Fsp3) is 0.176. The lowest BCUT2D eigenvalue weighted by Gasteiger charge is -2.22. The van der Waals surface area contributed by atoms with Crippen LogP contribution in [0.3, 0.4) is 0 Å². The van der Waals surface area contributed by atoms with Crippen molar-refractivity contribution in [3.8, 4) is 0 Å². The van der Waals surface area contributed by atoms with Crippen LogP contribution >= 0.6 is 11.8 Å². The smallest absolute Gasteiger partial charge is 0.207 e. The minimum absolute atomic E-state index is 0.376. The van der Waals surface area contributed by atoms with E-state index in [1.54, 1.807) is 24.3 Å². The van der Waals surface area contributed by atoms with Crippen molar-refractivity contribution in [1.29, 1.82) is 0 Å². The number of halogens is 1. The van der Waals surface area contributed by atoms with Gasteiger partial charge in [-0.2, -0.15) is 4.31 Å². The van der Waals surface area contributed by atoms with E-state index < -0.39 is 15.4 Å². The van der Waals surface area contributed by atoms with Crippen LogP contribution in [0.2, 0.25) is 0 Å². The van der Waals surface area contributed by atoms with Gasteiger partial charge < -0.3 is 0 Å². The average molecular weight is 349 g/mol. The molecule has 3 rings (SSSR count). The molecule has 2 aromatic rings. The lowest BCUT2D eigenvalue weighted by atomic mass is 10.2. The van der Waals surface area contributed by atoms with Crippen molar-refractivity contribution in [2.24, 2.45) is 0 Å². The SMILES string of the molecule is O=S(=O)(C=Cc1ccccc1)N1CCSC1c1ccccc1F. The Kier molecular flexibility index (Phi) is 4.84. The molecule has 1 fully saturated rings. The highest BCUT2D eigenvalue weighted by molar-refractivity contribution is 8.01. The summed E-state index contributed by atoms with van der Waals surface area (Å²) in [7, 11) is -3.61. The molecule has 6 heteroatoms. The number of nitrogens with zero attached hydrogens (tertiary/aromatic N) is 1. The van der Waals surface area contributed by atoms with E-state index in [0.717, 1.165) is 5.56 Å². The molecule has 1 aliphatic heterocycles. The molecule has 1 aliphatic rings. The molecule has 1 unspecified atom stereocenters. The highest BCUT2D eigenvalue weighted by atomic mass is 32.2. The minimum atomic E-state index is -3.61. The van der Waals surface area contributed by atoms with E-state index in [1.165, 1.54) is 27.5 Å². The van der Waals surface area contributed by atoms with Gasteiger partial charge in [0, 0.05) is 23.3 Å². The molecule has 23 heavy (non-hydrogen) atoms. The van der Waals surface area contributed by atoms with Gasteiger partial charge in [-0.05, 0) is 17.7 Å². The van der Waals surface area contributed by atoms with Gasteiger partial charge in [0.05, 0.1) is 5.37 Å². The molecule has 3 nitrogen and oxygen atoms in total. The van der Waals surface area contributed by atoms with Gasteiger partial charge in [-0.1, -0.05) is 48.5 Å². The van der Waals surface area contributed by atoms with Gasteiger partial charge in [0.2, 0.25) is 10.0 Å². The molecule has 0 amide bonds. The molecule has 0 spiro atoms. The lowest BCUT2D eigenvalue weighted by Crippen LogP contribution is -2.29. The maximum Gasteiger partial charge on any atom is 0.237 e. The van der Waals surface area contributed by atoms with Crippen LogP contribution in [0.1, 0.15) is 16.5 Å². The summed E-state index contributed by atoms with van der Waals surface area (Å²) in [6.07, 6.45) is 1.57. The summed E-state index contributed by atoms with van der Waals surface area (Å²) in [6, 6.07) is 15.6. The summed E-state index contributed by atoms with van der Waals surface area (Å²) < 4.78 is 40.6. The fourth-order valence-corrected chi connectivity index (χ4v) is 5.48. The molecule has 120 valence electrons. The van der Waals surface area contributed by atoms with Crippen molar-refractivity contribution in [3.63, 3.8) is 0 Å². The molecule has 1 heterocycles. The first-order valence-electron chi connectivity index (χ1n) is 7.19. The summed E-state index contributed by atoms with van der Waals surface area (Å²) in [5.74, 6) is 0.274. The third kappa shape index (κ3) is 3.65. The van der Waals surface area contributed by atoms with Gasteiger partial charge in [-0.25, -0.2) is 12.8 Å². The zero-order valence-corrected chi connectivity index (χ0v) is 13.9. The van der Waals surface area contributed by atoms with E-state index in [2.05, 4.69) is 0 Å². The Morgan fingerprint density at radius 2 is 1.78 bits per heavy atom. The van der Waals surface area contributed by atoms with Crippen molar-refractivity contribution >= 4 is 27.9 Å². The van der Waals surface area contributed by atoms with Gasteiger partial charge >= 0.3 is 0 Å². The van der Waals surface area contributed by atoms with Crippen LogP contribution in [0.5, 0.6) is 0 Å². The molecule has 0 saturated carbocycles. The molecule has 0 N–H and O–H groups in total. The molecule has 0 bridgehead atoms. The third-order valence-electron chi connectivity index (χ3n) is 3.58.